The summed E-state index contributed by atoms with van der Waals surface area (Å²) in [6.07, 6.45) is -3.07. The molecule has 0 aliphatic carbocycles. The van der Waals surface area contributed by atoms with Crippen LogP contribution >= 0.6 is 15.9 Å². The van der Waals surface area contributed by atoms with Crippen molar-refractivity contribution in [3.05, 3.63) is 46.0 Å². The van der Waals surface area contributed by atoms with Crippen molar-refractivity contribution >= 4 is 15.9 Å². The third-order valence-corrected chi connectivity index (χ3v) is 3.30. The molecule has 1 aromatic rings. The molecule has 100 valence electrons. The molecule has 0 spiro atoms. The fourth-order valence-corrected chi connectivity index (χ4v) is 2.03. The minimum absolute atomic E-state index is 0.0332. The van der Waals surface area contributed by atoms with Crippen LogP contribution in [-0.2, 0) is 6.18 Å². The van der Waals surface area contributed by atoms with Crippen LogP contribution in [0.5, 0.6) is 0 Å². The average molecular weight is 322 g/mol. The van der Waals surface area contributed by atoms with Gasteiger partial charge in [-0.05, 0) is 37.5 Å². The Kier molecular flexibility index (Phi) is 4.99. The van der Waals surface area contributed by atoms with Gasteiger partial charge in [-0.25, -0.2) is 0 Å². The molecule has 1 aromatic carbocycles. The van der Waals surface area contributed by atoms with Crippen molar-refractivity contribution < 1.29 is 13.2 Å². The Labute approximate surface area is 113 Å². The lowest BCUT2D eigenvalue weighted by atomic mass is 9.99. The summed E-state index contributed by atoms with van der Waals surface area (Å²) in [5.41, 5.74) is 6.66. The summed E-state index contributed by atoms with van der Waals surface area (Å²) in [6, 6.07) is 3.70. The highest BCUT2D eigenvalue weighted by molar-refractivity contribution is 9.10. The topological polar surface area (TPSA) is 26.0 Å². The second-order valence-electron chi connectivity index (χ2n) is 4.34. The minimum Gasteiger partial charge on any atom is -0.324 e. The van der Waals surface area contributed by atoms with E-state index in [4.69, 9.17) is 5.73 Å². The standard InChI is InChI=1S/C13H15BrF3N/c1-8(2)3-6-12(18)9-4-5-11(14)10(7-9)13(15,16)17/h4-5,7,12H,1,3,6,18H2,2H3. The Bertz CT molecular complexity index is 440. The smallest absolute Gasteiger partial charge is 0.324 e. The minimum atomic E-state index is -4.37. The van der Waals surface area contributed by atoms with Crippen molar-refractivity contribution in [3.8, 4) is 0 Å². The monoisotopic (exact) mass is 321 g/mol. The number of halogens is 4. The first-order chi connectivity index (χ1) is 8.21. The van der Waals surface area contributed by atoms with Crippen molar-refractivity contribution in [1.29, 1.82) is 0 Å². The third kappa shape index (κ3) is 4.14. The zero-order valence-electron chi connectivity index (χ0n) is 10.0. The number of alkyl halides is 3. The molecule has 0 heterocycles. The quantitative estimate of drug-likeness (QED) is 0.790. The van der Waals surface area contributed by atoms with Crippen molar-refractivity contribution in [2.45, 2.75) is 32.0 Å². The van der Waals surface area contributed by atoms with Crippen LogP contribution < -0.4 is 5.73 Å². The molecule has 18 heavy (non-hydrogen) atoms. The second-order valence-corrected chi connectivity index (χ2v) is 5.19. The molecule has 0 aliphatic heterocycles. The molecule has 0 amide bonds. The van der Waals surface area contributed by atoms with Gasteiger partial charge >= 0.3 is 6.18 Å². The number of hydrogen-bond donors (Lipinski definition) is 1. The highest BCUT2D eigenvalue weighted by Crippen LogP contribution is 2.36. The summed E-state index contributed by atoms with van der Waals surface area (Å²) in [7, 11) is 0. The van der Waals surface area contributed by atoms with Gasteiger partial charge in [-0.2, -0.15) is 13.2 Å². The van der Waals surface area contributed by atoms with Crippen LogP contribution in [0.2, 0.25) is 0 Å². The zero-order chi connectivity index (χ0) is 13.9. The first-order valence-electron chi connectivity index (χ1n) is 5.48. The van der Waals surface area contributed by atoms with E-state index in [-0.39, 0.29) is 4.47 Å². The van der Waals surface area contributed by atoms with Crippen molar-refractivity contribution in [1.82, 2.24) is 0 Å². The fourth-order valence-electron chi connectivity index (χ4n) is 1.56. The van der Waals surface area contributed by atoms with Gasteiger partial charge < -0.3 is 5.73 Å². The summed E-state index contributed by atoms with van der Waals surface area (Å²) in [5.74, 6) is 0. The van der Waals surface area contributed by atoms with Crippen molar-refractivity contribution in [2.24, 2.45) is 5.73 Å². The van der Waals surface area contributed by atoms with E-state index in [2.05, 4.69) is 22.5 Å². The van der Waals surface area contributed by atoms with Gasteiger partial charge in [0.15, 0.2) is 0 Å². The van der Waals surface area contributed by atoms with Gasteiger partial charge in [-0.1, -0.05) is 27.6 Å². The summed E-state index contributed by atoms with van der Waals surface area (Å²) in [5, 5.41) is 0. The van der Waals surface area contributed by atoms with Crippen molar-refractivity contribution in [3.63, 3.8) is 0 Å². The maximum atomic E-state index is 12.7. The van der Waals surface area contributed by atoms with Gasteiger partial charge in [0.05, 0.1) is 5.56 Å². The average Bonchev–Trinajstić information content (AvgIpc) is 2.24. The third-order valence-electron chi connectivity index (χ3n) is 2.61. The number of allylic oxidation sites excluding steroid dienone is 1. The van der Waals surface area contributed by atoms with Crippen LogP contribution in [-0.4, -0.2) is 0 Å². The summed E-state index contributed by atoms with van der Waals surface area (Å²) >= 11 is 2.90. The predicted molar refractivity (Wildman–Crippen MR) is 70.1 cm³/mol. The Hall–Kier alpha value is -0.810. The lowest BCUT2D eigenvalue weighted by Crippen LogP contribution is -2.13. The molecular weight excluding hydrogens is 307 g/mol. The van der Waals surface area contributed by atoms with E-state index in [0.717, 1.165) is 11.6 Å². The van der Waals surface area contributed by atoms with Crippen LogP contribution in [0.15, 0.2) is 34.8 Å². The van der Waals surface area contributed by atoms with E-state index in [9.17, 15) is 13.2 Å². The molecule has 0 aromatic heterocycles. The molecule has 0 aliphatic rings. The normalized spacial score (nSPS) is 13.4. The Morgan fingerprint density at radius 3 is 2.56 bits per heavy atom. The maximum Gasteiger partial charge on any atom is 0.417 e. The van der Waals surface area contributed by atoms with Crippen LogP contribution in [0.25, 0.3) is 0 Å². The lowest BCUT2D eigenvalue weighted by Gasteiger charge is -2.15. The molecule has 0 radical (unpaired) electrons. The second kappa shape index (κ2) is 5.89. The fraction of sp³-hybridized carbons (Fsp3) is 0.385. The predicted octanol–water partition coefficient (Wildman–Crippen LogP) is 4.82. The maximum absolute atomic E-state index is 12.7. The Morgan fingerprint density at radius 1 is 1.44 bits per heavy atom. The summed E-state index contributed by atoms with van der Waals surface area (Å²) < 4.78 is 38.2. The van der Waals surface area contributed by atoms with Gasteiger partial charge in [0.25, 0.3) is 0 Å². The summed E-state index contributed by atoms with van der Waals surface area (Å²) in [4.78, 5) is 0. The molecule has 0 bridgehead atoms. The van der Waals surface area contributed by atoms with E-state index in [1.54, 1.807) is 6.07 Å². The van der Waals surface area contributed by atoms with Crippen LogP contribution in [0.3, 0.4) is 0 Å². The molecule has 1 atom stereocenters. The Balaban J connectivity index is 2.94. The molecule has 5 heteroatoms. The van der Waals surface area contributed by atoms with Gasteiger partial charge in [-0.3, -0.25) is 0 Å². The number of benzene rings is 1. The van der Waals surface area contributed by atoms with E-state index in [0.29, 0.717) is 18.4 Å². The molecule has 1 nitrogen and oxygen atoms in total. The number of rotatable bonds is 4. The largest absolute Gasteiger partial charge is 0.417 e. The molecule has 0 saturated carbocycles. The van der Waals surface area contributed by atoms with E-state index in [1.165, 1.54) is 6.07 Å². The van der Waals surface area contributed by atoms with Gasteiger partial charge in [0.2, 0.25) is 0 Å². The highest BCUT2D eigenvalue weighted by atomic mass is 79.9. The van der Waals surface area contributed by atoms with Crippen LogP contribution in [0.1, 0.15) is 36.9 Å². The van der Waals surface area contributed by atoms with E-state index >= 15 is 0 Å². The molecule has 1 rings (SSSR count). The van der Waals surface area contributed by atoms with Gasteiger partial charge in [0.1, 0.15) is 0 Å². The first-order valence-corrected chi connectivity index (χ1v) is 6.27. The Morgan fingerprint density at radius 2 is 2.06 bits per heavy atom. The van der Waals surface area contributed by atoms with Crippen LogP contribution in [0.4, 0.5) is 13.2 Å². The first kappa shape index (κ1) is 15.2. The molecule has 1 unspecified atom stereocenters. The van der Waals surface area contributed by atoms with Crippen molar-refractivity contribution in [2.75, 3.05) is 0 Å². The zero-order valence-corrected chi connectivity index (χ0v) is 11.6. The molecule has 0 fully saturated rings. The van der Waals surface area contributed by atoms with E-state index in [1.807, 2.05) is 6.92 Å². The molecular formula is C13H15BrF3N. The molecule has 2 N–H and O–H groups in total. The highest BCUT2D eigenvalue weighted by Gasteiger charge is 2.33. The van der Waals surface area contributed by atoms with Gasteiger partial charge in [0, 0.05) is 10.5 Å². The SMILES string of the molecule is C=C(C)CCC(N)c1ccc(Br)c(C(F)(F)F)c1. The van der Waals surface area contributed by atoms with Crippen LogP contribution in [0, 0.1) is 0 Å². The lowest BCUT2D eigenvalue weighted by molar-refractivity contribution is -0.138. The van der Waals surface area contributed by atoms with Gasteiger partial charge in [-0.15, -0.1) is 6.58 Å². The number of hydrogen-bond acceptors (Lipinski definition) is 1. The number of nitrogens with two attached hydrogens (primary N) is 1. The summed E-state index contributed by atoms with van der Waals surface area (Å²) in [6.45, 7) is 5.62. The molecule has 0 saturated heterocycles. The van der Waals surface area contributed by atoms with E-state index < -0.39 is 17.8 Å².